The van der Waals surface area contributed by atoms with E-state index in [1.54, 1.807) is 12.3 Å². The summed E-state index contributed by atoms with van der Waals surface area (Å²) in [6, 6.07) is 5.14. The van der Waals surface area contributed by atoms with Crippen molar-refractivity contribution >= 4 is 23.7 Å². The van der Waals surface area contributed by atoms with E-state index in [1.807, 2.05) is 12.1 Å². The lowest BCUT2D eigenvalue weighted by atomic mass is 9.67. The second kappa shape index (κ2) is 8.81. The van der Waals surface area contributed by atoms with E-state index < -0.39 is 5.54 Å². The molecule has 3 fully saturated rings. The number of urea groups is 1. The third-order valence-electron chi connectivity index (χ3n) is 7.53. The number of carbonyl (C=O) groups is 3. The molecule has 0 radical (unpaired) electrons. The first-order valence-corrected chi connectivity index (χ1v) is 11.8. The molecule has 1 aromatic rings. The van der Waals surface area contributed by atoms with Crippen LogP contribution in [0.4, 0.5) is 10.6 Å². The van der Waals surface area contributed by atoms with Crippen LogP contribution in [-0.2, 0) is 9.59 Å². The second-order valence-electron chi connectivity index (χ2n) is 10.6. The van der Waals surface area contributed by atoms with Gasteiger partial charge in [0.05, 0.1) is 6.67 Å². The third-order valence-corrected chi connectivity index (χ3v) is 7.53. The fraction of sp³-hybridized carbons (Fsp3) is 0.667. The van der Waals surface area contributed by atoms with Gasteiger partial charge in [-0.2, -0.15) is 0 Å². The SMILES string of the molecule is CC(C)(C)C1CCC2(CC1)NC(=O)N(CN1CCC(C(=O)Nc3ccccn3)CC1)C2=O. The van der Waals surface area contributed by atoms with Crippen molar-refractivity contribution in [2.24, 2.45) is 17.3 Å². The minimum atomic E-state index is -0.722. The Morgan fingerprint density at radius 2 is 1.84 bits per heavy atom. The van der Waals surface area contributed by atoms with Crippen molar-refractivity contribution in [3.63, 3.8) is 0 Å². The molecule has 174 valence electrons. The standard InChI is InChI=1S/C24H35N5O3/c1-23(2,3)18-7-11-24(12-8-18)21(31)29(22(32)27-24)16-28-14-9-17(10-15-28)20(30)26-19-6-4-5-13-25-19/h4-6,13,17-18H,7-12,14-16H2,1-3H3,(H,27,32)(H,25,26,30). The minimum absolute atomic E-state index is 0.0205. The van der Waals surface area contributed by atoms with E-state index in [9.17, 15) is 14.4 Å². The number of hydrogen-bond donors (Lipinski definition) is 2. The summed E-state index contributed by atoms with van der Waals surface area (Å²) < 4.78 is 0. The number of pyridine rings is 1. The number of piperidine rings is 1. The molecule has 2 N–H and O–H groups in total. The summed E-state index contributed by atoms with van der Waals surface area (Å²) in [5.74, 6) is 0.946. The number of carbonyl (C=O) groups excluding carboxylic acids is 3. The lowest BCUT2D eigenvalue weighted by Gasteiger charge is -2.40. The summed E-state index contributed by atoms with van der Waals surface area (Å²) in [7, 11) is 0. The van der Waals surface area contributed by atoms with Crippen LogP contribution in [0.15, 0.2) is 24.4 Å². The van der Waals surface area contributed by atoms with Gasteiger partial charge in [-0.15, -0.1) is 0 Å². The average molecular weight is 442 g/mol. The number of hydrogen-bond acceptors (Lipinski definition) is 5. The van der Waals surface area contributed by atoms with Crippen LogP contribution in [0.5, 0.6) is 0 Å². The second-order valence-corrected chi connectivity index (χ2v) is 10.6. The Kier molecular flexibility index (Phi) is 6.25. The van der Waals surface area contributed by atoms with Crippen LogP contribution in [0, 0.1) is 17.3 Å². The summed E-state index contributed by atoms with van der Waals surface area (Å²) >= 11 is 0. The Morgan fingerprint density at radius 1 is 1.16 bits per heavy atom. The van der Waals surface area contributed by atoms with Crippen LogP contribution in [-0.4, -0.2) is 57.9 Å². The predicted octanol–water partition coefficient (Wildman–Crippen LogP) is 3.22. The van der Waals surface area contributed by atoms with E-state index in [0.717, 1.165) is 12.8 Å². The lowest BCUT2D eigenvalue weighted by molar-refractivity contribution is -0.135. The van der Waals surface area contributed by atoms with Gasteiger partial charge >= 0.3 is 6.03 Å². The smallest absolute Gasteiger partial charge is 0.323 e. The summed E-state index contributed by atoms with van der Waals surface area (Å²) in [5, 5.41) is 5.89. The van der Waals surface area contributed by atoms with Gasteiger partial charge in [-0.05, 0) is 62.0 Å². The largest absolute Gasteiger partial charge is 0.326 e. The molecular formula is C24H35N5O3. The van der Waals surface area contributed by atoms with E-state index in [2.05, 4.69) is 41.3 Å². The predicted molar refractivity (Wildman–Crippen MR) is 122 cm³/mol. The topological polar surface area (TPSA) is 94.6 Å². The Balaban J connectivity index is 1.28. The van der Waals surface area contributed by atoms with Crippen LogP contribution in [0.25, 0.3) is 0 Å². The van der Waals surface area contributed by atoms with Crippen molar-refractivity contribution in [1.82, 2.24) is 20.1 Å². The Bertz CT molecular complexity index is 850. The summed E-state index contributed by atoms with van der Waals surface area (Å²) in [4.78, 5) is 46.1. The highest BCUT2D eigenvalue weighted by Gasteiger charge is 2.53. The zero-order chi connectivity index (χ0) is 22.9. The first-order valence-electron chi connectivity index (χ1n) is 11.8. The summed E-state index contributed by atoms with van der Waals surface area (Å²) in [5.41, 5.74) is -0.500. The van der Waals surface area contributed by atoms with Crippen LogP contribution < -0.4 is 10.6 Å². The van der Waals surface area contributed by atoms with Crippen LogP contribution >= 0.6 is 0 Å². The molecule has 32 heavy (non-hydrogen) atoms. The molecule has 1 aliphatic carbocycles. The Morgan fingerprint density at radius 3 is 2.44 bits per heavy atom. The van der Waals surface area contributed by atoms with Gasteiger partial charge in [0.25, 0.3) is 5.91 Å². The van der Waals surface area contributed by atoms with Gasteiger partial charge in [0.1, 0.15) is 11.4 Å². The molecule has 0 unspecified atom stereocenters. The van der Waals surface area contributed by atoms with Gasteiger partial charge in [0.2, 0.25) is 5.91 Å². The van der Waals surface area contributed by atoms with Crippen LogP contribution in [0.1, 0.15) is 59.3 Å². The maximum atomic E-state index is 13.2. The molecule has 4 amide bonds. The van der Waals surface area contributed by atoms with Gasteiger partial charge in [-0.1, -0.05) is 26.8 Å². The molecule has 0 atom stereocenters. The number of nitrogens with zero attached hydrogens (tertiary/aromatic N) is 3. The quantitative estimate of drug-likeness (QED) is 0.700. The molecule has 2 aliphatic heterocycles. The van der Waals surface area contributed by atoms with Crippen molar-refractivity contribution in [2.45, 2.75) is 64.8 Å². The van der Waals surface area contributed by atoms with Gasteiger partial charge < -0.3 is 10.6 Å². The molecule has 8 heteroatoms. The van der Waals surface area contributed by atoms with Crippen molar-refractivity contribution in [2.75, 3.05) is 25.1 Å². The molecule has 3 heterocycles. The van der Waals surface area contributed by atoms with E-state index in [4.69, 9.17) is 0 Å². The molecular weight excluding hydrogens is 406 g/mol. The maximum absolute atomic E-state index is 13.2. The normalized spacial score (nSPS) is 27.6. The fourth-order valence-electron chi connectivity index (χ4n) is 5.32. The number of amides is 4. The summed E-state index contributed by atoms with van der Waals surface area (Å²) in [6.45, 7) is 8.39. The third kappa shape index (κ3) is 4.65. The zero-order valence-corrected chi connectivity index (χ0v) is 19.4. The molecule has 3 aliphatic rings. The molecule has 1 saturated carbocycles. The van der Waals surface area contributed by atoms with E-state index in [0.29, 0.717) is 57.2 Å². The lowest BCUT2D eigenvalue weighted by Crippen LogP contribution is -2.51. The number of aromatic nitrogens is 1. The number of likely N-dealkylation sites (tertiary alicyclic amines) is 1. The molecule has 0 aromatic carbocycles. The average Bonchev–Trinajstić information content (AvgIpc) is 2.98. The van der Waals surface area contributed by atoms with Crippen molar-refractivity contribution in [3.8, 4) is 0 Å². The van der Waals surface area contributed by atoms with Gasteiger partial charge in [-0.25, -0.2) is 14.7 Å². The van der Waals surface area contributed by atoms with Gasteiger partial charge in [0.15, 0.2) is 0 Å². The van der Waals surface area contributed by atoms with Crippen molar-refractivity contribution in [3.05, 3.63) is 24.4 Å². The molecule has 1 aromatic heterocycles. The number of imide groups is 1. The van der Waals surface area contributed by atoms with Crippen LogP contribution in [0.2, 0.25) is 0 Å². The van der Waals surface area contributed by atoms with Crippen LogP contribution in [0.3, 0.4) is 0 Å². The first kappa shape index (κ1) is 22.7. The number of rotatable bonds is 4. The highest BCUT2D eigenvalue weighted by atomic mass is 16.2. The molecule has 2 saturated heterocycles. The van der Waals surface area contributed by atoms with Gasteiger partial charge in [0, 0.05) is 25.2 Å². The van der Waals surface area contributed by atoms with E-state index >= 15 is 0 Å². The number of anilines is 1. The number of nitrogens with one attached hydrogen (secondary N) is 2. The molecule has 0 bridgehead atoms. The molecule has 4 rings (SSSR count). The maximum Gasteiger partial charge on any atom is 0.326 e. The highest BCUT2D eigenvalue weighted by Crippen LogP contribution is 2.43. The van der Waals surface area contributed by atoms with Crippen molar-refractivity contribution < 1.29 is 14.4 Å². The first-order chi connectivity index (χ1) is 15.2. The fourth-order valence-corrected chi connectivity index (χ4v) is 5.32. The molecule has 1 spiro atoms. The van der Waals surface area contributed by atoms with Gasteiger partial charge in [-0.3, -0.25) is 14.5 Å². The molecule has 8 nitrogen and oxygen atoms in total. The highest BCUT2D eigenvalue weighted by molar-refractivity contribution is 6.07. The van der Waals surface area contributed by atoms with E-state index in [-0.39, 0.29) is 29.2 Å². The van der Waals surface area contributed by atoms with E-state index in [1.165, 1.54) is 4.90 Å². The monoisotopic (exact) mass is 441 g/mol. The Hall–Kier alpha value is -2.48. The summed E-state index contributed by atoms with van der Waals surface area (Å²) in [6.07, 6.45) is 6.39. The zero-order valence-electron chi connectivity index (χ0n) is 19.4. The Labute approximate surface area is 190 Å². The minimum Gasteiger partial charge on any atom is -0.323 e. The van der Waals surface area contributed by atoms with Crippen molar-refractivity contribution in [1.29, 1.82) is 0 Å².